The van der Waals surface area contributed by atoms with Gasteiger partial charge in [-0.3, -0.25) is 4.79 Å². The fourth-order valence-corrected chi connectivity index (χ4v) is 3.24. The number of carbonyl (C=O) groups excluding carboxylic acids is 1. The van der Waals surface area contributed by atoms with Crippen molar-refractivity contribution in [2.45, 2.75) is 6.54 Å². The van der Waals surface area contributed by atoms with Gasteiger partial charge in [-0.15, -0.1) is 5.10 Å². The van der Waals surface area contributed by atoms with Crippen LogP contribution in [0.3, 0.4) is 0 Å². The van der Waals surface area contributed by atoms with Gasteiger partial charge in [-0.05, 0) is 36.4 Å². The summed E-state index contributed by atoms with van der Waals surface area (Å²) in [5.74, 6) is 0.255. The second kappa shape index (κ2) is 7.94. The van der Waals surface area contributed by atoms with Gasteiger partial charge in [0.05, 0.1) is 0 Å². The minimum Gasteiger partial charge on any atom is -0.340 e. The van der Waals surface area contributed by atoms with Crippen LogP contribution in [0.25, 0.3) is 5.78 Å². The average Bonchev–Trinajstić information content (AvgIpc) is 2.96. The number of anilines is 3. The van der Waals surface area contributed by atoms with Gasteiger partial charge in [-0.1, -0.05) is 41.4 Å². The van der Waals surface area contributed by atoms with Crippen molar-refractivity contribution in [1.82, 2.24) is 19.2 Å². The second-order valence-corrected chi connectivity index (χ2v) is 6.99. The van der Waals surface area contributed by atoms with Gasteiger partial charge in [0.25, 0.3) is 5.78 Å². The Morgan fingerprint density at radius 3 is 2.45 bits per heavy atom. The van der Waals surface area contributed by atoms with E-state index in [2.05, 4.69) is 20.7 Å². The molecule has 0 unspecified atom stereocenters. The molecule has 2 aromatic heterocycles. The maximum absolute atomic E-state index is 12.5. The highest BCUT2D eigenvalue weighted by molar-refractivity contribution is 6.35. The van der Waals surface area contributed by atoms with Crippen LogP contribution in [-0.4, -0.2) is 25.1 Å². The van der Waals surface area contributed by atoms with Crippen molar-refractivity contribution in [3.63, 3.8) is 0 Å². The number of aromatic nitrogens is 4. The molecule has 2 aromatic carbocycles. The SMILES string of the molecule is O=C(Cn1nc2nc(Nc3ccccc3)ccn2c1=O)Nc1cc(Cl)cc(Cl)c1. The van der Waals surface area contributed by atoms with Crippen molar-refractivity contribution < 1.29 is 4.79 Å². The van der Waals surface area contributed by atoms with E-state index in [4.69, 9.17) is 23.2 Å². The Labute approximate surface area is 174 Å². The third-order valence-electron chi connectivity index (χ3n) is 3.94. The van der Waals surface area contributed by atoms with Gasteiger partial charge in [-0.25, -0.2) is 13.9 Å². The maximum atomic E-state index is 12.5. The topological polar surface area (TPSA) is 93.3 Å². The minimum atomic E-state index is -0.474. The number of fused-ring (bicyclic) bond motifs is 1. The average molecular weight is 429 g/mol. The first-order chi connectivity index (χ1) is 14.0. The van der Waals surface area contributed by atoms with Crippen molar-refractivity contribution in [3.8, 4) is 0 Å². The number of halogens is 2. The molecule has 0 aliphatic rings. The van der Waals surface area contributed by atoms with E-state index < -0.39 is 11.6 Å². The highest BCUT2D eigenvalue weighted by atomic mass is 35.5. The zero-order chi connectivity index (χ0) is 20.4. The van der Waals surface area contributed by atoms with E-state index in [-0.39, 0.29) is 12.3 Å². The van der Waals surface area contributed by atoms with Crippen LogP contribution in [0.4, 0.5) is 17.2 Å². The molecule has 8 nitrogen and oxygen atoms in total. The van der Waals surface area contributed by atoms with Gasteiger partial charge in [0.2, 0.25) is 5.91 Å². The molecule has 0 spiro atoms. The molecule has 2 N–H and O–H groups in total. The monoisotopic (exact) mass is 428 g/mol. The van der Waals surface area contributed by atoms with Gasteiger partial charge in [0, 0.05) is 27.6 Å². The van der Waals surface area contributed by atoms with Crippen molar-refractivity contribution in [3.05, 3.63) is 81.3 Å². The number of nitrogens with zero attached hydrogens (tertiary/aromatic N) is 4. The van der Waals surface area contributed by atoms with Gasteiger partial charge in [-0.2, -0.15) is 4.98 Å². The number of hydrogen-bond acceptors (Lipinski definition) is 5. The van der Waals surface area contributed by atoms with Gasteiger partial charge in [0.15, 0.2) is 0 Å². The lowest BCUT2D eigenvalue weighted by molar-refractivity contribution is -0.117. The molecule has 0 aliphatic heterocycles. The normalized spacial score (nSPS) is 10.8. The molecule has 0 atom stereocenters. The quantitative estimate of drug-likeness (QED) is 0.506. The zero-order valence-electron chi connectivity index (χ0n) is 14.8. The molecule has 146 valence electrons. The Morgan fingerprint density at radius 2 is 1.72 bits per heavy atom. The first kappa shape index (κ1) is 19.0. The molecule has 4 aromatic rings. The fraction of sp³-hybridized carbons (Fsp3) is 0.0526. The molecule has 0 saturated carbocycles. The summed E-state index contributed by atoms with van der Waals surface area (Å²) >= 11 is 11.8. The van der Waals surface area contributed by atoms with E-state index in [1.807, 2.05) is 30.3 Å². The molecular weight excluding hydrogens is 415 g/mol. The third kappa shape index (κ3) is 4.39. The number of hydrogen-bond donors (Lipinski definition) is 2. The summed E-state index contributed by atoms with van der Waals surface area (Å²) in [6.07, 6.45) is 1.55. The first-order valence-corrected chi connectivity index (χ1v) is 9.28. The Balaban J connectivity index is 1.53. The summed E-state index contributed by atoms with van der Waals surface area (Å²) in [5, 5.41) is 10.7. The molecule has 0 bridgehead atoms. The lowest BCUT2D eigenvalue weighted by atomic mass is 10.3. The van der Waals surface area contributed by atoms with Crippen LogP contribution in [0.1, 0.15) is 0 Å². The van der Waals surface area contributed by atoms with E-state index in [9.17, 15) is 9.59 Å². The van der Waals surface area contributed by atoms with Crippen LogP contribution >= 0.6 is 23.2 Å². The van der Waals surface area contributed by atoms with Crippen LogP contribution < -0.4 is 16.3 Å². The molecule has 2 heterocycles. The number of carbonyl (C=O) groups is 1. The summed E-state index contributed by atoms with van der Waals surface area (Å²) < 4.78 is 2.30. The number of nitrogens with one attached hydrogen (secondary N) is 2. The van der Waals surface area contributed by atoms with E-state index >= 15 is 0 Å². The van der Waals surface area contributed by atoms with Gasteiger partial charge < -0.3 is 10.6 Å². The van der Waals surface area contributed by atoms with Crippen molar-refractivity contribution in [2.24, 2.45) is 0 Å². The lowest BCUT2D eigenvalue weighted by Crippen LogP contribution is -2.28. The Hall–Kier alpha value is -3.36. The maximum Gasteiger partial charge on any atom is 0.352 e. The van der Waals surface area contributed by atoms with E-state index in [1.54, 1.807) is 30.5 Å². The van der Waals surface area contributed by atoms with Crippen LogP contribution in [-0.2, 0) is 11.3 Å². The number of benzene rings is 2. The Bertz CT molecular complexity index is 1230. The molecular formula is C19H14Cl2N6O2. The highest BCUT2D eigenvalue weighted by Gasteiger charge is 2.13. The van der Waals surface area contributed by atoms with Crippen molar-refractivity contribution >= 4 is 52.1 Å². The smallest absolute Gasteiger partial charge is 0.340 e. The number of rotatable bonds is 5. The van der Waals surface area contributed by atoms with E-state index in [0.29, 0.717) is 21.6 Å². The minimum absolute atomic E-state index is 0.175. The van der Waals surface area contributed by atoms with Crippen molar-refractivity contribution in [2.75, 3.05) is 10.6 Å². The Morgan fingerprint density at radius 1 is 1.00 bits per heavy atom. The standard InChI is InChI=1S/C19H14Cl2N6O2/c20-12-8-13(21)10-15(9-12)23-17(28)11-27-19(29)26-7-6-16(24-18(26)25-27)22-14-4-2-1-3-5-14/h1-10H,11H2,(H,23,28)(H,22,24,25). The fourth-order valence-electron chi connectivity index (χ4n) is 2.71. The Kier molecular flexibility index (Phi) is 5.20. The van der Waals surface area contributed by atoms with E-state index in [1.165, 1.54) is 4.40 Å². The predicted molar refractivity (Wildman–Crippen MR) is 112 cm³/mol. The molecule has 0 saturated heterocycles. The molecule has 1 amide bonds. The van der Waals surface area contributed by atoms with Crippen LogP contribution in [0.2, 0.25) is 10.0 Å². The van der Waals surface area contributed by atoms with E-state index in [0.717, 1.165) is 10.4 Å². The molecule has 0 fully saturated rings. The van der Waals surface area contributed by atoms with Gasteiger partial charge in [0.1, 0.15) is 12.4 Å². The number of amides is 1. The summed E-state index contributed by atoms with van der Waals surface area (Å²) in [5.41, 5.74) is 0.806. The van der Waals surface area contributed by atoms with Crippen LogP contribution in [0.15, 0.2) is 65.6 Å². The molecule has 0 aliphatic carbocycles. The van der Waals surface area contributed by atoms with Crippen LogP contribution in [0.5, 0.6) is 0 Å². The summed E-state index contributed by atoms with van der Waals surface area (Å²) in [7, 11) is 0. The van der Waals surface area contributed by atoms with Crippen LogP contribution in [0, 0.1) is 0 Å². The molecule has 29 heavy (non-hydrogen) atoms. The third-order valence-corrected chi connectivity index (χ3v) is 4.38. The highest BCUT2D eigenvalue weighted by Crippen LogP contribution is 2.22. The van der Waals surface area contributed by atoms with Crippen molar-refractivity contribution in [1.29, 1.82) is 0 Å². The molecule has 10 heteroatoms. The lowest BCUT2D eigenvalue weighted by Gasteiger charge is -2.05. The molecule has 0 radical (unpaired) electrons. The summed E-state index contributed by atoms with van der Waals surface area (Å²) in [4.78, 5) is 29.1. The molecule has 4 rings (SSSR count). The summed E-state index contributed by atoms with van der Waals surface area (Å²) in [6, 6.07) is 15.8. The number of para-hydroxylation sites is 1. The first-order valence-electron chi connectivity index (χ1n) is 8.52. The zero-order valence-corrected chi connectivity index (χ0v) is 16.4. The second-order valence-electron chi connectivity index (χ2n) is 6.12. The largest absolute Gasteiger partial charge is 0.352 e. The predicted octanol–water partition coefficient (Wildman–Crippen LogP) is 3.58. The summed E-state index contributed by atoms with van der Waals surface area (Å²) in [6.45, 7) is -0.284. The van der Waals surface area contributed by atoms with Gasteiger partial charge >= 0.3 is 5.69 Å².